The Hall–Kier alpha value is -1.84. The van der Waals surface area contributed by atoms with Crippen LogP contribution in [0.5, 0.6) is 0 Å². The van der Waals surface area contributed by atoms with Crippen molar-refractivity contribution in [2.75, 3.05) is 20.7 Å². The summed E-state index contributed by atoms with van der Waals surface area (Å²) in [6.07, 6.45) is 0.319. The average molecular weight is 277 g/mol. The highest BCUT2D eigenvalue weighted by Gasteiger charge is 2.24. The van der Waals surface area contributed by atoms with E-state index in [0.29, 0.717) is 6.54 Å². The molecule has 1 amide bonds. The standard InChI is InChI=1S/C16H23NO3/c1-16(2,13-8-6-5-7-9-13)12-17(3)14(18)10-11-15(19)20-4/h5-9H,10-12H2,1-4H3. The zero-order chi connectivity index (χ0) is 15.2. The summed E-state index contributed by atoms with van der Waals surface area (Å²) in [6, 6.07) is 10.1. The van der Waals surface area contributed by atoms with Gasteiger partial charge in [-0.3, -0.25) is 9.59 Å². The van der Waals surface area contributed by atoms with Crippen LogP contribution in [0.4, 0.5) is 0 Å². The summed E-state index contributed by atoms with van der Waals surface area (Å²) >= 11 is 0. The molecule has 0 radical (unpaired) electrons. The number of benzene rings is 1. The molecule has 0 saturated heterocycles. The van der Waals surface area contributed by atoms with Crippen molar-refractivity contribution in [3.63, 3.8) is 0 Å². The molecule has 0 fully saturated rings. The fourth-order valence-corrected chi connectivity index (χ4v) is 2.16. The number of rotatable bonds is 6. The molecule has 0 aliphatic carbocycles. The maximum absolute atomic E-state index is 12.0. The molecule has 0 atom stereocenters. The van der Waals surface area contributed by atoms with Crippen LogP contribution in [0.3, 0.4) is 0 Å². The minimum absolute atomic E-state index is 0.0422. The number of carbonyl (C=O) groups is 2. The van der Waals surface area contributed by atoms with Crippen LogP contribution in [0.15, 0.2) is 30.3 Å². The number of esters is 1. The lowest BCUT2D eigenvalue weighted by Gasteiger charge is -2.31. The Kier molecular flexibility index (Phi) is 5.74. The van der Waals surface area contributed by atoms with Crippen LogP contribution in [-0.4, -0.2) is 37.5 Å². The van der Waals surface area contributed by atoms with Gasteiger partial charge in [-0.1, -0.05) is 44.2 Å². The van der Waals surface area contributed by atoms with Crippen LogP contribution in [0.1, 0.15) is 32.3 Å². The van der Waals surface area contributed by atoms with Crippen molar-refractivity contribution in [3.05, 3.63) is 35.9 Å². The highest BCUT2D eigenvalue weighted by Crippen LogP contribution is 2.23. The third kappa shape index (κ3) is 4.68. The third-order valence-electron chi connectivity index (χ3n) is 3.38. The van der Waals surface area contributed by atoms with Crippen molar-refractivity contribution in [1.29, 1.82) is 0 Å². The van der Waals surface area contributed by atoms with Crippen LogP contribution >= 0.6 is 0 Å². The van der Waals surface area contributed by atoms with Crippen molar-refractivity contribution in [3.8, 4) is 0 Å². The molecule has 0 N–H and O–H groups in total. The summed E-state index contributed by atoms with van der Waals surface area (Å²) in [5.41, 5.74) is 1.06. The van der Waals surface area contributed by atoms with E-state index in [2.05, 4.69) is 30.7 Å². The summed E-state index contributed by atoms with van der Waals surface area (Å²) in [4.78, 5) is 24.7. The van der Waals surface area contributed by atoms with Gasteiger partial charge in [-0.25, -0.2) is 0 Å². The second-order valence-electron chi connectivity index (χ2n) is 5.58. The van der Waals surface area contributed by atoms with Crippen molar-refractivity contribution in [1.82, 2.24) is 4.90 Å². The topological polar surface area (TPSA) is 46.6 Å². The molecule has 4 nitrogen and oxygen atoms in total. The first-order valence-corrected chi connectivity index (χ1v) is 6.73. The molecular formula is C16H23NO3. The van der Waals surface area contributed by atoms with Gasteiger partial charge < -0.3 is 9.64 Å². The lowest BCUT2D eigenvalue weighted by atomic mass is 9.84. The van der Waals surface area contributed by atoms with Gasteiger partial charge in [0.1, 0.15) is 0 Å². The Morgan fingerprint density at radius 3 is 2.30 bits per heavy atom. The zero-order valence-corrected chi connectivity index (χ0v) is 12.7. The Balaban J connectivity index is 2.58. The van der Waals surface area contributed by atoms with Crippen LogP contribution in [-0.2, 0) is 19.7 Å². The Bertz CT molecular complexity index is 454. The molecule has 1 aromatic rings. The number of likely N-dealkylation sites (N-methyl/N-ethyl adjacent to an activating group) is 1. The van der Waals surface area contributed by atoms with Gasteiger partial charge in [0, 0.05) is 25.4 Å². The number of amides is 1. The van der Waals surface area contributed by atoms with Crippen molar-refractivity contribution < 1.29 is 14.3 Å². The number of nitrogens with zero attached hydrogens (tertiary/aromatic N) is 1. The van der Waals surface area contributed by atoms with Crippen LogP contribution < -0.4 is 0 Å². The fourth-order valence-electron chi connectivity index (χ4n) is 2.16. The second-order valence-corrected chi connectivity index (χ2v) is 5.58. The molecule has 110 valence electrons. The van der Waals surface area contributed by atoms with E-state index >= 15 is 0 Å². The van der Waals surface area contributed by atoms with Gasteiger partial charge in [0.25, 0.3) is 0 Å². The molecule has 0 heterocycles. The number of carbonyl (C=O) groups excluding carboxylic acids is 2. The molecule has 0 unspecified atom stereocenters. The van der Waals surface area contributed by atoms with Crippen LogP contribution in [0, 0.1) is 0 Å². The largest absolute Gasteiger partial charge is 0.469 e. The first-order chi connectivity index (χ1) is 9.36. The quantitative estimate of drug-likeness (QED) is 0.750. The van der Waals surface area contributed by atoms with Gasteiger partial charge in [0.2, 0.25) is 5.91 Å². The summed E-state index contributed by atoms with van der Waals surface area (Å²) in [5.74, 6) is -0.395. The second kappa shape index (κ2) is 7.08. The lowest BCUT2D eigenvalue weighted by Crippen LogP contribution is -2.38. The van der Waals surface area contributed by atoms with E-state index in [-0.39, 0.29) is 30.1 Å². The minimum Gasteiger partial charge on any atom is -0.469 e. The van der Waals surface area contributed by atoms with Crippen LogP contribution in [0.25, 0.3) is 0 Å². The summed E-state index contributed by atoms with van der Waals surface area (Å²) in [6.45, 7) is 4.82. The zero-order valence-electron chi connectivity index (χ0n) is 12.7. The van der Waals surface area contributed by atoms with E-state index in [9.17, 15) is 9.59 Å². The van der Waals surface area contributed by atoms with Gasteiger partial charge in [0.15, 0.2) is 0 Å². The Morgan fingerprint density at radius 2 is 1.75 bits per heavy atom. The molecular weight excluding hydrogens is 254 g/mol. The van der Waals surface area contributed by atoms with Crippen molar-refractivity contribution >= 4 is 11.9 Å². The number of hydrogen-bond acceptors (Lipinski definition) is 3. The first kappa shape index (κ1) is 16.2. The normalized spacial score (nSPS) is 11.0. The number of methoxy groups -OCH3 is 1. The van der Waals surface area contributed by atoms with Gasteiger partial charge in [0.05, 0.1) is 13.5 Å². The van der Waals surface area contributed by atoms with Gasteiger partial charge in [-0.05, 0) is 5.56 Å². The average Bonchev–Trinajstić information content (AvgIpc) is 2.44. The summed E-state index contributed by atoms with van der Waals surface area (Å²) in [5, 5.41) is 0. The van der Waals surface area contributed by atoms with Crippen LogP contribution in [0.2, 0.25) is 0 Å². The van der Waals surface area contributed by atoms with E-state index in [0.717, 1.165) is 0 Å². The first-order valence-electron chi connectivity index (χ1n) is 6.73. The highest BCUT2D eigenvalue weighted by molar-refractivity contribution is 5.81. The minimum atomic E-state index is -0.353. The SMILES string of the molecule is COC(=O)CCC(=O)N(C)CC(C)(C)c1ccccc1. The van der Waals surface area contributed by atoms with Gasteiger partial charge >= 0.3 is 5.97 Å². The molecule has 0 aromatic heterocycles. The van der Waals surface area contributed by atoms with E-state index < -0.39 is 0 Å². The maximum atomic E-state index is 12.0. The number of ether oxygens (including phenoxy) is 1. The van der Waals surface area contributed by atoms with Gasteiger partial charge in [-0.15, -0.1) is 0 Å². The predicted molar refractivity (Wildman–Crippen MR) is 78.4 cm³/mol. The third-order valence-corrected chi connectivity index (χ3v) is 3.38. The van der Waals surface area contributed by atoms with Crippen molar-refractivity contribution in [2.24, 2.45) is 0 Å². The monoisotopic (exact) mass is 277 g/mol. The van der Waals surface area contributed by atoms with E-state index in [1.165, 1.54) is 12.7 Å². The van der Waals surface area contributed by atoms with Gasteiger partial charge in [-0.2, -0.15) is 0 Å². The van der Waals surface area contributed by atoms with E-state index in [1.54, 1.807) is 11.9 Å². The smallest absolute Gasteiger partial charge is 0.306 e. The van der Waals surface area contributed by atoms with E-state index in [4.69, 9.17) is 0 Å². The molecule has 0 spiro atoms. The Morgan fingerprint density at radius 1 is 1.15 bits per heavy atom. The fraction of sp³-hybridized carbons (Fsp3) is 0.500. The highest BCUT2D eigenvalue weighted by atomic mass is 16.5. The molecule has 4 heteroatoms. The van der Waals surface area contributed by atoms with Crippen molar-refractivity contribution in [2.45, 2.75) is 32.1 Å². The maximum Gasteiger partial charge on any atom is 0.306 e. The molecule has 20 heavy (non-hydrogen) atoms. The Labute approximate surface area is 120 Å². The summed E-state index contributed by atoms with van der Waals surface area (Å²) < 4.78 is 4.54. The predicted octanol–water partition coefficient (Wildman–Crippen LogP) is 2.38. The molecule has 0 aliphatic rings. The molecule has 0 saturated carbocycles. The molecule has 1 rings (SSSR count). The molecule has 0 aliphatic heterocycles. The lowest BCUT2D eigenvalue weighted by molar-refractivity contribution is -0.143. The molecule has 1 aromatic carbocycles. The van der Waals surface area contributed by atoms with E-state index in [1.807, 2.05) is 18.2 Å². The molecule has 0 bridgehead atoms. The summed E-state index contributed by atoms with van der Waals surface area (Å²) in [7, 11) is 3.10. The number of hydrogen-bond donors (Lipinski definition) is 0.